The average Bonchev–Trinajstić information content (AvgIpc) is 3.18. The molecule has 2 N–H and O–H groups in total. The van der Waals surface area contributed by atoms with Crippen LogP contribution in [-0.4, -0.2) is 60.9 Å². The number of para-hydroxylation sites is 2. The molecular weight excluding hydrogens is 435 g/mol. The SMILES string of the molecule is Cl.Cl.Nc1ccccc1CCC(=O)N1CCN(CC(=O)N2CCc3ccccc32)CC1. The highest BCUT2D eigenvalue weighted by atomic mass is 35.5. The summed E-state index contributed by atoms with van der Waals surface area (Å²) in [5.74, 6) is 0.307. The summed E-state index contributed by atoms with van der Waals surface area (Å²) in [5, 5.41) is 0. The van der Waals surface area contributed by atoms with Crippen LogP contribution in [0, 0.1) is 0 Å². The molecule has 4 rings (SSSR count). The lowest BCUT2D eigenvalue weighted by atomic mass is 10.1. The molecule has 0 atom stereocenters. The maximum absolute atomic E-state index is 12.8. The molecule has 8 heteroatoms. The number of nitrogens with zero attached hydrogens (tertiary/aromatic N) is 3. The fourth-order valence-electron chi connectivity index (χ4n) is 4.19. The minimum atomic E-state index is 0. The number of fused-ring (bicyclic) bond motifs is 1. The van der Waals surface area contributed by atoms with Crippen molar-refractivity contribution in [3.8, 4) is 0 Å². The smallest absolute Gasteiger partial charge is 0.241 e. The van der Waals surface area contributed by atoms with E-state index in [0.29, 0.717) is 32.5 Å². The summed E-state index contributed by atoms with van der Waals surface area (Å²) in [6.07, 6.45) is 2.06. The van der Waals surface area contributed by atoms with Crippen LogP contribution in [0.25, 0.3) is 0 Å². The number of aryl methyl sites for hydroxylation is 1. The zero-order valence-corrected chi connectivity index (χ0v) is 19.2. The maximum Gasteiger partial charge on any atom is 0.241 e. The van der Waals surface area contributed by atoms with Gasteiger partial charge in [0.1, 0.15) is 0 Å². The molecule has 2 aromatic rings. The van der Waals surface area contributed by atoms with Gasteiger partial charge in [-0.2, -0.15) is 0 Å². The van der Waals surface area contributed by atoms with Gasteiger partial charge in [-0.25, -0.2) is 0 Å². The number of carbonyl (C=O) groups is 2. The number of anilines is 2. The monoisotopic (exact) mass is 464 g/mol. The Morgan fingerprint density at radius 1 is 0.839 bits per heavy atom. The van der Waals surface area contributed by atoms with Gasteiger partial charge < -0.3 is 15.5 Å². The number of amides is 2. The van der Waals surface area contributed by atoms with Crippen LogP contribution < -0.4 is 10.6 Å². The average molecular weight is 465 g/mol. The molecule has 0 aromatic heterocycles. The number of nitrogen functional groups attached to an aromatic ring is 1. The van der Waals surface area contributed by atoms with Crippen LogP contribution in [-0.2, 0) is 22.4 Å². The second kappa shape index (κ2) is 11.4. The van der Waals surface area contributed by atoms with Gasteiger partial charge in [-0.15, -0.1) is 24.8 Å². The zero-order valence-electron chi connectivity index (χ0n) is 17.5. The van der Waals surface area contributed by atoms with Crippen molar-refractivity contribution in [3.63, 3.8) is 0 Å². The van der Waals surface area contributed by atoms with Gasteiger partial charge in [0.25, 0.3) is 0 Å². The van der Waals surface area contributed by atoms with E-state index in [-0.39, 0.29) is 36.6 Å². The van der Waals surface area contributed by atoms with Gasteiger partial charge in [-0.3, -0.25) is 14.5 Å². The minimum absolute atomic E-state index is 0. The van der Waals surface area contributed by atoms with Crippen molar-refractivity contribution >= 4 is 48.0 Å². The third kappa shape index (κ3) is 5.91. The van der Waals surface area contributed by atoms with Crippen LogP contribution in [0.15, 0.2) is 48.5 Å². The molecular formula is C23H30Cl2N4O2. The summed E-state index contributed by atoms with van der Waals surface area (Å²) < 4.78 is 0. The van der Waals surface area contributed by atoms with E-state index in [4.69, 9.17) is 5.73 Å². The molecule has 0 bridgehead atoms. The first kappa shape index (κ1) is 25.0. The van der Waals surface area contributed by atoms with E-state index in [2.05, 4.69) is 11.0 Å². The standard InChI is InChI=1S/C23H28N4O2.2ClH/c24-20-7-3-1-5-18(20)9-10-22(28)26-15-13-25(14-16-26)17-23(29)27-12-11-19-6-2-4-8-21(19)27;;/h1-8H,9-17,24H2;2*1H. The largest absolute Gasteiger partial charge is 0.399 e. The third-order valence-corrected chi connectivity index (χ3v) is 5.94. The summed E-state index contributed by atoms with van der Waals surface area (Å²) in [6, 6.07) is 15.8. The normalized spacial score (nSPS) is 15.6. The van der Waals surface area contributed by atoms with Crippen molar-refractivity contribution in [2.24, 2.45) is 0 Å². The quantitative estimate of drug-likeness (QED) is 0.690. The van der Waals surface area contributed by atoms with E-state index in [1.165, 1.54) is 5.56 Å². The molecule has 2 aliphatic rings. The predicted octanol–water partition coefficient (Wildman–Crippen LogP) is 2.78. The highest BCUT2D eigenvalue weighted by Crippen LogP contribution is 2.27. The Balaban J connectivity index is 0.00000171. The molecule has 1 fully saturated rings. The number of rotatable bonds is 5. The molecule has 2 heterocycles. The lowest BCUT2D eigenvalue weighted by molar-refractivity contribution is -0.133. The molecule has 2 amide bonds. The van der Waals surface area contributed by atoms with E-state index < -0.39 is 0 Å². The molecule has 6 nitrogen and oxygen atoms in total. The van der Waals surface area contributed by atoms with E-state index >= 15 is 0 Å². The highest BCUT2D eigenvalue weighted by molar-refractivity contribution is 5.96. The number of piperazine rings is 1. The van der Waals surface area contributed by atoms with Crippen molar-refractivity contribution in [3.05, 3.63) is 59.7 Å². The summed E-state index contributed by atoms with van der Waals surface area (Å²) in [7, 11) is 0. The van der Waals surface area contributed by atoms with Crippen molar-refractivity contribution in [2.75, 3.05) is 49.9 Å². The number of benzene rings is 2. The Bertz CT molecular complexity index is 901. The highest BCUT2D eigenvalue weighted by Gasteiger charge is 2.27. The van der Waals surface area contributed by atoms with Crippen LogP contribution >= 0.6 is 24.8 Å². The van der Waals surface area contributed by atoms with E-state index in [1.807, 2.05) is 52.3 Å². The molecule has 1 saturated heterocycles. The second-order valence-electron chi connectivity index (χ2n) is 7.78. The van der Waals surface area contributed by atoms with Crippen LogP contribution in [0.3, 0.4) is 0 Å². The molecule has 0 radical (unpaired) electrons. The number of hydrogen-bond acceptors (Lipinski definition) is 4. The van der Waals surface area contributed by atoms with Crippen LogP contribution in [0.5, 0.6) is 0 Å². The Labute approximate surface area is 196 Å². The van der Waals surface area contributed by atoms with Gasteiger partial charge in [0, 0.05) is 50.5 Å². The Morgan fingerprint density at radius 3 is 2.26 bits per heavy atom. The van der Waals surface area contributed by atoms with Gasteiger partial charge in [0.2, 0.25) is 11.8 Å². The third-order valence-electron chi connectivity index (χ3n) is 5.94. The molecule has 2 aliphatic heterocycles. The summed E-state index contributed by atoms with van der Waals surface area (Å²) in [4.78, 5) is 31.3. The first-order valence-corrected chi connectivity index (χ1v) is 10.3. The predicted molar refractivity (Wildman–Crippen MR) is 129 cm³/mol. The van der Waals surface area contributed by atoms with E-state index in [1.54, 1.807) is 0 Å². The lowest BCUT2D eigenvalue weighted by Crippen LogP contribution is -2.51. The van der Waals surface area contributed by atoms with Crippen molar-refractivity contribution in [2.45, 2.75) is 19.3 Å². The fraction of sp³-hybridized carbons (Fsp3) is 0.391. The molecule has 0 spiro atoms. The number of nitrogens with two attached hydrogens (primary N) is 1. The molecule has 0 aliphatic carbocycles. The number of carbonyl (C=O) groups excluding carboxylic acids is 2. The van der Waals surface area contributed by atoms with Gasteiger partial charge in [0.05, 0.1) is 6.54 Å². The summed E-state index contributed by atoms with van der Waals surface area (Å²) >= 11 is 0. The molecule has 0 saturated carbocycles. The Morgan fingerprint density at radius 2 is 1.52 bits per heavy atom. The first-order valence-electron chi connectivity index (χ1n) is 10.3. The second-order valence-corrected chi connectivity index (χ2v) is 7.78. The minimum Gasteiger partial charge on any atom is -0.399 e. The van der Waals surface area contributed by atoms with Crippen LogP contribution in [0.4, 0.5) is 11.4 Å². The van der Waals surface area contributed by atoms with E-state index in [9.17, 15) is 9.59 Å². The van der Waals surface area contributed by atoms with Crippen molar-refractivity contribution in [1.29, 1.82) is 0 Å². The lowest BCUT2D eigenvalue weighted by Gasteiger charge is -2.35. The Kier molecular flexibility index (Phi) is 9.16. The topological polar surface area (TPSA) is 69.9 Å². The number of hydrogen-bond donors (Lipinski definition) is 1. The van der Waals surface area contributed by atoms with Gasteiger partial charge in [0.15, 0.2) is 0 Å². The summed E-state index contributed by atoms with van der Waals surface area (Å²) in [5.41, 5.74) is 10.0. The Hall–Kier alpha value is -2.28. The molecule has 0 unspecified atom stereocenters. The van der Waals surface area contributed by atoms with Crippen molar-refractivity contribution < 1.29 is 9.59 Å². The molecule has 31 heavy (non-hydrogen) atoms. The zero-order chi connectivity index (χ0) is 20.2. The first-order chi connectivity index (χ1) is 14.1. The summed E-state index contributed by atoms with van der Waals surface area (Å²) in [6.45, 7) is 4.00. The fourth-order valence-corrected chi connectivity index (χ4v) is 4.19. The molecule has 2 aromatic carbocycles. The number of halogens is 2. The van der Waals surface area contributed by atoms with E-state index in [0.717, 1.165) is 43.0 Å². The van der Waals surface area contributed by atoms with Crippen molar-refractivity contribution in [1.82, 2.24) is 9.80 Å². The van der Waals surface area contributed by atoms with Crippen LogP contribution in [0.1, 0.15) is 17.5 Å². The maximum atomic E-state index is 12.8. The van der Waals surface area contributed by atoms with Crippen LogP contribution in [0.2, 0.25) is 0 Å². The van der Waals surface area contributed by atoms with Gasteiger partial charge in [-0.05, 0) is 36.1 Å². The molecule has 168 valence electrons. The van der Waals surface area contributed by atoms with Gasteiger partial charge >= 0.3 is 0 Å². The van der Waals surface area contributed by atoms with Gasteiger partial charge in [-0.1, -0.05) is 36.4 Å².